The molecule has 1 radical (unpaired) electrons. The highest BCUT2D eigenvalue weighted by Gasteiger charge is 1.55. The molecule has 0 atom stereocenters. The van der Waals surface area contributed by atoms with E-state index in [2.05, 4.69) is 19.2 Å². The fourth-order valence-corrected chi connectivity index (χ4v) is 0.266. The van der Waals surface area contributed by atoms with E-state index >= 15 is 0 Å². The molecule has 0 nitrogen and oxygen atoms in total. The maximum Gasteiger partial charge on any atom is -0.0262 e. The van der Waals surface area contributed by atoms with Gasteiger partial charge in [-0.3, -0.25) is 0 Å². The van der Waals surface area contributed by atoms with Gasteiger partial charge < -0.3 is 0 Å². The van der Waals surface area contributed by atoms with Gasteiger partial charge in [-0.25, -0.2) is 0 Å². The zero-order chi connectivity index (χ0) is 6.24. The van der Waals surface area contributed by atoms with E-state index in [-0.39, 0.29) is 0 Å². The van der Waals surface area contributed by atoms with Crippen LogP contribution in [0.15, 0.2) is 43.5 Å². The van der Waals surface area contributed by atoms with Crippen molar-refractivity contribution in [3.8, 4) is 0 Å². The Kier molecular flexibility index (Phi) is 5.19. The van der Waals surface area contributed by atoms with Crippen LogP contribution in [0.3, 0.4) is 0 Å². The van der Waals surface area contributed by atoms with E-state index in [1.807, 2.05) is 18.2 Å². The van der Waals surface area contributed by atoms with Gasteiger partial charge in [-0.1, -0.05) is 43.5 Å². The SMILES string of the molecule is C=[C]C=CC=CC=C. The number of hydrogen-bond donors (Lipinski definition) is 0. The molecule has 0 aliphatic carbocycles. The zero-order valence-corrected chi connectivity index (χ0v) is 4.80. The van der Waals surface area contributed by atoms with Crippen molar-refractivity contribution in [3.05, 3.63) is 49.6 Å². The van der Waals surface area contributed by atoms with Crippen LogP contribution in [0.5, 0.6) is 0 Å². The molecule has 0 fully saturated rings. The maximum atomic E-state index is 3.50. The summed E-state index contributed by atoms with van der Waals surface area (Å²) in [5.74, 6) is 0. The predicted molar refractivity (Wildman–Crippen MR) is 37.3 cm³/mol. The van der Waals surface area contributed by atoms with E-state index in [1.165, 1.54) is 0 Å². The Morgan fingerprint density at radius 2 is 1.88 bits per heavy atom. The first kappa shape index (κ1) is 6.96. The van der Waals surface area contributed by atoms with Crippen LogP contribution in [0.4, 0.5) is 0 Å². The van der Waals surface area contributed by atoms with Crippen molar-refractivity contribution < 1.29 is 0 Å². The summed E-state index contributed by atoms with van der Waals surface area (Å²) < 4.78 is 0. The first-order valence-corrected chi connectivity index (χ1v) is 2.38. The molecular weight excluding hydrogens is 96.1 g/mol. The summed E-state index contributed by atoms with van der Waals surface area (Å²) in [6, 6.07) is 0. The summed E-state index contributed by atoms with van der Waals surface area (Å²) in [5.41, 5.74) is 0. The molecule has 0 aliphatic heterocycles. The molecule has 0 saturated heterocycles. The van der Waals surface area contributed by atoms with E-state index < -0.39 is 0 Å². The topological polar surface area (TPSA) is 0 Å². The van der Waals surface area contributed by atoms with Crippen LogP contribution in [0.2, 0.25) is 0 Å². The second-order valence-electron chi connectivity index (χ2n) is 1.18. The molecule has 0 saturated carbocycles. The van der Waals surface area contributed by atoms with Gasteiger partial charge in [-0.2, -0.15) is 0 Å². The van der Waals surface area contributed by atoms with Gasteiger partial charge in [0, 0.05) is 0 Å². The third-order valence-electron chi connectivity index (χ3n) is 0.572. The quantitative estimate of drug-likeness (QED) is 0.483. The smallest absolute Gasteiger partial charge is 0.0262 e. The van der Waals surface area contributed by atoms with Crippen molar-refractivity contribution in [1.82, 2.24) is 0 Å². The normalized spacial score (nSPS) is 10.5. The van der Waals surface area contributed by atoms with Gasteiger partial charge >= 0.3 is 0 Å². The third-order valence-corrected chi connectivity index (χ3v) is 0.572. The monoisotopic (exact) mass is 105 g/mol. The third kappa shape index (κ3) is 4.96. The van der Waals surface area contributed by atoms with Crippen molar-refractivity contribution in [3.63, 3.8) is 0 Å². The van der Waals surface area contributed by atoms with Crippen LogP contribution in [-0.4, -0.2) is 0 Å². The average molecular weight is 105 g/mol. The Balaban J connectivity index is 3.41. The summed E-state index contributed by atoms with van der Waals surface area (Å²) in [5, 5.41) is 0. The van der Waals surface area contributed by atoms with E-state index in [4.69, 9.17) is 0 Å². The minimum absolute atomic E-state index is 1.72. The first-order valence-electron chi connectivity index (χ1n) is 2.38. The summed E-state index contributed by atoms with van der Waals surface area (Å²) in [4.78, 5) is 0. The van der Waals surface area contributed by atoms with Crippen molar-refractivity contribution in [1.29, 1.82) is 0 Å². The van der Waals surface area contributed by atoms with Gasteiger partial charge in [0.15, 0.2) is 0 Å². The largest absolute Gasteiger partial charge is 0.0991 e. The molecule has 41 valence electrons. The fourth-order valence-electron chi connectivity index (χ4n) is 0.266. The van der Waals surface area contributed by atoms with E-state index in [0.29, 0.717) is 0 Å². The fraction of sp³-hybridized carbons (Fsp3) is 0. The molecule has 0 N–H and O–H groups in total. The molecule has 0 heteroatoms. The molecule has 0 aromatic rings. The molecule has 0 aliphatic rings. The van der Waals surface area contributed by atoms with Gasteiger partial charge in [-0.15, -0.1) is 0 Å². The molecule has 0 aromatic carbocycles. The molecule has 0 rings (SSSR count). The van der Waals surface area contributed by atoms with Gasteiger partial charge in [0.25, 0.3) is 0 Å². The highest BCUT2D eigenvalue weighted by Crippen LogP contribution is 1.76. The lowest BCUT2D eigenvalue weighted by atomic mass is 10.4. The first-order chi connectivity index (χ1) is 3.91. The lowest BCUT2D eigenvalue weighted by molar-refractivity contribution is 1.87. The van der Waals surface area contributed by atoms with Gasteiger partial charge in [-0.05, 0) is 6.08 Å². The molecule has 0 bridgehead atoms. The molecular formula is C8H9. The number of hydrogen-bond acceptors (Lipinski definition) is 0. The van der Waals surface area contributed by atoms with Crippen LogP contribution in [-0.2, 0) is 0 Å². The second kappa shape index (κ2) is 5.96. The van der Waals surface area contributed by atoms with Crippen LogP contribution in [0.1, 0.15) is 0 Å². The molecule has 0 spiro atoms. The Morgan fingerprint density at radius 3 is 2.38 bits per heavy atom. The van der Waals surface area contributed by atoms with Crippen LogP contribution < -0.4 is 0 Å². The number of allylic oxidation sites excluding steroid dienone is 6. The second-order valence-corrected chi connectivity index (χ2v) is 1.18. The molecule has 0 heterocycles. The summed E-state index contributed by atoms with van der Waals surface area (Å²) in [6.45, 7) is 6.89. The molecule has 8 heavy (non-hydrogen) atoms. The van der Waals surface area contributed by atoms with E-state index in [1.54, 1.807) is 12.2 Å². The van der Waals surface area contributed by atoms with Crippen molar-refractivity contribution in [2.24, 2.45) is 0 Å². The lowest BCUT2D eigenvalue weighted by Gasteiger charge is -1.66. The summed E-state index contributed by atoms with van der Waals surface area (Å²) in [7, 11) is 0. The zero-order valence-electron chi connectivity index (χ0n) is 4.80. The van der Waals surface area contributed by atoms with Crippen LogP contribution in [0.25, 0.3) is 0 Å². The van der Waals surface area contributed by atoms with Gasteiger partial charge in [0.1, 0.15) is 0 Å². The number of rotatable bonds is 3. The Morgan fingerprint density at radius 1 is 1.12 bits per heavy atom. The molecule has 0 unspecified atom stereocenters. The maximum absolute atomic E-state index is 3.50. The summed E-state index contributed by atoms with van der Waals surface area (Å²) >= 11 is 0. The summed E-state index contributed by atoms with van der Waals surface area (Å²) in [6.07, 6.45) is 11.6. The molecule has 0 amide bonds. The van der Waals surface area contributed by atoms with Gasteiger partial charge in [0.05, 0.1) is 0 Å². The minimum atomic E-state index is 1.72. The van der Waals surface area contributed by atoms with Crippen LogP contribution in [0, 0.1) is 6.08 Å². The van der Waals surface area contributed by atoms with Crippen molar-refractivity contribution in [2.45, 2.75) is 0 Å². The Bertz CT molecular complexity index is 100. The highest BCUT2D eigenvalue weighted by molar-refractivity contribution is 5.10. The molecule has 0 aromatic heterocycles. The Labute approximate surface area is 50.5 Å². The predicted octanol–water partition coefficient (Wildman–Crippen LogP) is 2.27. The lowest BCUT2D eigenvalue weighted by Crippen LogP contribution is -1.46. The van der Waals surface area contributed by atoms with Crippen molar-refractivity contribution in [2.75, 3.05) is 0 Å². The van der Waals surface area contributed by atoms with E-state index in [9.17, 15) is 0 Å². The standard InChI is InChI=1S/C8H9/c1-3-5-7-8-6-4-2/h3,5-8H,1-2H2. The minimum Gasteiger partial charge on any atom is -0.0991 e. The van der Waals surface area contributed by atoms with Gasteiger partial charge in [0.2, 0.25) is 0 Å². The van der Waals surface area contributed by atoms with Crippen molar-refractivity contribution >= 4 is 0 Å². The average Bonchev–Trinajstić information content (AvgIpc) is 1.81. The van der Waals surface area contributed by atoms with Crippen LogP contribution >= 0.6 is 0 Å². The van der Waals surface area contributed by atoms with E-state index in [0.717, 1.165) is 0 Å². The highest BCUT2D eigenvalue weighted by atomic mass is 13.6. The Hall–Kier alpha value is -1.04.